The first-order chi connectivity index (χ1) is 8.69. The number of hydrogen-bond acceptors (Lipinski definition) is 4. The van der Waals surface area contributed by atoms with Gasteiger partial charge in [0.2, 0.25) is 0 Å². The van der Waals surface area contributed by atoms with Crippen molar-refractivity contribution in [2.24, 2.45) is 0 Å². The Bertz CT molecular complexity index is 381. The van der Waals surface area contributed by atoms with E-state index in [2.05, 4.69) is 29.1 Å². The van der Waals surface area contributed by atoms with E-state index in [1.807, 2.05) is 0 Å². The Kier molecular flexibility index (Phi) is 6.11. The van der Waals surface area contributed by atoms with E-state index in [0.29, 0.717) is 11.5 Å². The second-order valence-corrected chi connectivity index (χ2v) is 4.30. The van der Waals surface area contributed by atoms with Crippen LogP contribution in [0.15, 0.2) is 12.4 Å². The number of carbonyl (C=O) groups excluding carboxylic acids is 1. The fourth-order valence-corrected chi connectivity index (χ4v) is 1.52. The van der Waals surface area contributed by atoms with Crippen molar-refractivity contribution < 1.29 is 4.79 Å². The number of anilines is 1. The van der Waals surface area contributed by atoms with Gasteiger partial charge >= 0.3 is 0 Å². The van der Waals surface area contributed by atoms with Crippen LogP contribution in [0.2, 0.25) is 0 Å². The van der Waals surface area contributed by atoms with E-state index in [-0.39, 0.29) is 5.91 Å². The Labute approximate surface area is 109 Å². The van der Waals surface area contributed by atoms with E-state index in [1.54, 1.807) is 18.0 Å². The smallest absolute Gasteiger partial charge is 0.272 e. The lowest BCUT2D eigenvalue weighted by molar-refractivity contribution is 0.0787. The van der Waals surface area contributed by atoms with Gasteiger partial charge in [0.05, 0.1) is 0 Å². The maximum atomic E-state index is 12.1. The van der Waals surface area contributed by atoms with Gasteiger partial charge < -0.3 is 10.2 Å². The Balaban J connectivity index is 2.67. The summed E-state index contributed by atoms with van der Waals surface area (Å²) in [6.45, 7) is 5.79. The minimum Gasteiger partial charge on any atom is -0.370 e. The van der Waals surface area contributed by atoms with Crippen LogP contribution in [0.4, 0.5) is 5.82 Å². The number of unbranched alkanes of at least 4 members (excludes halogenated alkanes) is 1. The van der Waals surface area contributed by atoms with Crippen molar-refractivity contribution in [3.8, 4) is 0 Å². The molecule has 0 atom stereocenters. The molecule has 0 spiro atoms. The molecule has 0 unspecified atom stereocenters. The highest BCUT2D eigenvalue weighted by molar-refractivity contribution is 5.92. The number of nitrogens with zero attached hydrogens (tertiary/aromatic N) is 3. The molecular weight excluding hydrogens is 228 g/mol. The summed E-state index contributed by atoms with van der Waals surface area (Å²) >= 11 is 0. The van der Waals surface area contributed by atoms with Gasteiger partial charge in [-0.05, 0) is 12.8 Å². The Morgan fingerprint density at radius 1 is 1.33 bits per heavy atom. The van der Waals surface area contributed by atoms with Gasteiger partial charge in [-0.2, -0.15) is 0 Å². The summed E-state index contributed by atoms with van der Waals surface area (Å²) in [6, 6.07) is 1.71. The highest BCUT2D eigenvalue weighted by Gasteiger charge is 2.13. The third-order valence-electron chi connectivity index (χ3n) is 2.64. The Morgan fingerprint density at radius 2 is 2.11 bits per heavy atom. The average Bonchev–Trinajstić information content (AvgIpc) is 2.42. The predicted octanol–water partition coefficient (Wildman–Crippen LogP) is 2.17. The summed E-state index contributed by atoms with van der Waals surface area (Å²) in [6.07, 6.45) is 4.53. The molecule has 1 aromatic rings. The van der Waals surface area contributed by atoms with Gasteiger partial charge in [-0.15, -0.1) is 0 Å². The van der Waals surface area contributed by atoms with Gasteiger partial charge in [0.15, 0.2) is 0 Å². The van der Waals surface area contributed by atoms with Crippen molar-refractivity contribution in [1.29, 1.82) is 0 Å². The maximum absolute atomic E-state index is 12.1. The van der Waals surface area contributed by atoms with Gasteiger partial charge in [-0.25, -0.2) is 9.97 Å². The number of rotatable bonds is 7. The summed E-state index contributed by atoms with van der Waals surface area (Å²) in [7, 11) is 1.80. The van der Waals surface area contributed by atoms with Crippen LogP contribution >= 0.6 is 0 Å². The average molecular weight is 250 g/mol. The summed E-state index contributed by atoms with van der Waals surface area (Å²) in [5, 5.41) is 3.15. The number of carbonyl (C=O) groups is 1. The molecule has 18 heavy (non-hydrogen) atoms. The molecular formula is C13H22N4O. The van der Waals surface area contributed by atoms with Crippen molar-refractivity contribution >= 4 is 11.7 Å². The van der Waals surface area contributed by atoms with Crippen LogP contribution in [-0.2, 0) is 0 Å². The fraction of sp³-hybridized carbons (Fsp3) is 0.615. The topological polar surface area (TPSA) is 58.1 Å². The highest BCUT2D eigenvalue weighted by Crippen LogP contribution is 2.07. The van der Waals surface area contributed by atoms with Crippen molar-refractivity contribution in [2.45, 2.75) is 33.1 Å². The summed E-state index contributed by atoms with van der Waals surface area (Å²) in [5.74, 6) is 0.657. The van der Waals surface area contributed by atoms with Crippen molar-refractivity contribution in [2.75, 3.05) is 25.5 Å². The predicted molar refractivity (Wildman–Crippen MR) is 72.7 cm³/mol. The second kappa shape index (κ2) is 7.63. The van der Waals surface area contributed by atoms with E-state index in [1.165, 1.54) is 6.33 Å². The lowest BCUT2D eigenvalue weighted by Crippen LogP contribution is -2.28. The third-order valence-corrected chi connectivity index (χ3v) is 2.64. The SMILES string of the molecule is CCCCN(C)C(=O)c1cc(NCCC)ncn1. The quantitative estimate of drug-likeness (QED) is 0.805. The summed E-state index contributed by atoms with van der Waals surface area (Å²) < 4.78 is 0. The first-order valence-corrected chi connectivity index (χ1v) is 6.50. The molecule has 1 rings (SSSR count). The molecule has 0 radical (unpaired) electrons. The molecule has 1 N–H and O–H groups in total. The lowest BCUT2D eigenvalue weighted by Gasteiger charge is -2.16. The highest BCUT2D eigenvalue weighted by atomic mass is 16.2. The van der Waals surface area contributed by atoms with Crippen molar-refractivity contribution in [1.82, 2.24) is 14.9 Å². The second-order valence-electron chi connectivity index (χ2n) is 4.30. The van der Waals surface area contributed by atoms with Crippen molar-refractivity contribution in [3.63, 3.8) is 0 Å². The van der Waals surface area contributed by atoms with E-state index in [0.717, 1.165) is 32.4 Å². The maximum Gasteiger partial charge on any atom is 0.272 e. The molecule has 5 nitrogen and oxygen atoms in total. The standard InChI is InChI=1S/C13H22N4O/c1-4-6-8-17(3)13(18)11-9-12(14-7-5-2)16-10-15-11/h9-10H,4-8H2,1-3H3,(H,14,15,16). The third kappa shape index (κ3) is 4.31. The van der Waals surface area contributed by atoms with Gasteiger partial charge in [-0.3, -0.25) is 4.79 Å². The molecule has 0 bridgehead atoms. The number of hydrogen-bond donors (Lipinski definition) is 1. The summed E-state index contributed by atoms with van der Waals surface area (Å²) in [4.78, 5) is 21.9. The molecule has 0 fully saturated rings. The lowest BCUT2D eigenvalue weighted by atomic mass is 10.3. The van der Waals surface area contributed by atoms with Crippen LogP contribution in [0, 0.1) is 0 Å². The molecule has 0 aliphatic rings. The molecule has 0 saturated heterocycles. The molecule has 1 aromatic heterocycles. The number of amides is 1. The largest absolute Gasteiger partial charge is 0.370 e. The zero-order valence-electron chi connectivity index (χ0n) is 11.4. The Morgan fingerprint density at radius 3 is 2.78 bits per heavy atom. The number of aromatic nitrogens is 2. The molecule has 1 heterocycles. The molecule has 5 heteroatoms. The normalized spacial score (nSPS) is 10.2. The molecule has 1 amide bonds. The first-order valence-electron chi connectivity index (χ1n) is 6.50. The molecule has 0 aliphatic carbocycles. The van der Waals surface area contributed by atoms with Crippen LogP contribution in [0.3, 0.4) is 0 Å². The van der Waals surface area contributed by atoms with Gasteiger partial charge in [0, 0.05) is 26.2 Å². The zero-order valence-corrected chi connectivity index (χ0v) is 11.4. The van der Waals surface area contributed by atoms with E-state index < -0.39 is 0 Å². The van der Waals surface area contributed by atoms with Crippen LogP contribution < -0.4 is 5.32 Å². The van der Waals surface area contributed by atoms with Crippen LogP contribution in [0.1, 0.15) is 43.6 Å². The fourth-order valence-electron chi connectivity index (χ4n) is 1.52. The van der Waals surface area contributed by atoms with Gasteiger partial charge in [0.25, 0.3) is 5.91 Å². The van der Waals surface area contributed by atoms with Crippen LogP contribution in [0.25, 0.3) is 0 Å². The number of nitrogens with one attached hydrogen (secondary N) is 1. The van der Waals surface area contributed by atoms with E-state index >= 15 is 0 Å². The molecule has 100 valence electrons. The monoisotopic (exact) mass is 250 g/mol. The zero-order chi connectivity index (χ0) is 13.4. The van der Waals surface area contributed by atoms with Gasteiger partial charge in [-0.1, -0.05) is 20.3 Å². The molecule has 0 saturated carbocycles. The minimum atomic E-state index is -0.0506. The molecule has 0 aliphatic heterocycles. The summed E-state index contributed by atoms with van der Waals surface area (Å²) in [5.41, 5.74) is 0.446. The van der Waals surface area contributed by atoms with Crippen LogP contribution in [0.5, 0.6) is 0 Å². The first kappa shape index (κ1) is 14.4. The minimum absolute atomic E-state index is 0.0506. The van der Waals surface area contributed by atoms with Gasteiger partial charge in [0.1, 0.15) is 17.8 Å². The van der Waals surface area contributed by atoms with Crippen molar-refractivity contribution in [3.05, 3.63) is 18.1 Å². The van der Waals surface area contributed by atoms with E-state index in [4.69, 9.17) is 0 Å². The molecule has 0 aromatic carbocycles. The Hall–Kier alpha value is -1.65. The van der Waals surface area contributed by atoms with Crippen LogP contribution in [-0.4, -0.2) is 40.9 Å². The van der Waals surface area contributed by atoms with E-state index in [9.17, 15) is 4.79 Å².